The molecular formula is C16H16N2O2. The Bertz CT molecular complexity index is 667. The van der Waals surface area contributed by atoms with Crippen molar-refractivity contribution in [3.63, 3.8) is 0 Å². The molecule has 4 heteroatoms. The van der Waals surface area contributed by atoms with Crippen LogP contribution in [0.25, 0.3) is 0 Å². The van der Waals surface area contributed by atoms with E-state index in [1.54, 1.807) is 6.20 Å². The molecule has 0 radical (unpaired) electrons. The number of para-hydroxylation sites is 1. The minimum atomic E-state index is -0.353. The second-order valence-electron chi connectivity index (χ2n) is 4.89. The monoisotopic (exact) mass is 268 g/mol. The first-order chi connectivity index (χ1) is 9.70. The lowest BCUT2D eigenvalue weighted by Gasteiger charge is -2.20. The van der Waals surface area contributed by atoms with Crippen molar-refractivity contribution in [2.24, 2.45) is 0 Å². The second-order valence-corrected chi connectivity index (χ2v) is 4.89. The van der Waals surface area contributed by atoms with Crippen molar-refractivity contribution >= 4 is 17.5 Å². The molecule has 0 fully saturated rings. The van der Waals surface area contributed by atoms with Crippen LogP contribution in [0.3, 0.4) is 0 Å². The van der Waals surface area contributed by atoms with Crippen LogP contribution >= 0.6 is 0 Å². The van der Waals surface area contributed by atoms with Crippen LogP contribution in [0.2, 0.25) is 0 Å². The predicted molar refractivity (Wildman–Crippen MR) is 77.5 cm³/mol. The Hall–Kier alpha value is -2.36. The largest absolute Gasteiger partial charge is 0.465 e. The first-order valence-electron chi connectivity index (χ1n) is 6.61. The van der Waals surface area contributed by atoms with Crippen molar-refractivity contribution in [2.45, 2.75) is 13.3 Å². The molecule has 0 amide bonds. The van der Waals surface area contributed by atoms with E-state index in [4.69, 9.17) is 4.74 Å². The Kier molecular flexibility index (Phi) is 3.14. The summed E-state index contributed by atoms with van der Waals surface area (Å²) in [7, 11) is 1.38. The number of aromatic nitrogens is 1. The summed E-state index contributed by atoms with van der Waals surface area (Å²) < 4.78 is 4.72. The first kappa shape index (κ1) is 12.7. The van der Waals surface area contributed by atoms with Crippen LogP contribution in [0.1, 0.15) is 21.5 Å². The van der Waals surface area contributed by atoms with E-state index in [0.717, 1.165) is 24.3 Å². The summed E-state index contributed by atoms with van der Waals surface area (Å²) in [6.45, 7) is 2.89. The van der Waals surface area contributed by atoms with Crippen LogP contribution in [0.5, 0.6) is 0 Å². The van der Waals surface area contributed by atoms with Gasteiger partial charge in [-0.2, -0.15) is 0 Å². The average molecular weight is 268 g/mol. The van der Waals surface area contributed by atoms with E-state index >= 15 is 0 Å². The summed E-state index contributed by atoms with van der Waals surface area (Å²) >= 11 is 0. The van der Waals surface area contributed by atoms with Gasteiger partial charge >= 0.3 is 5.97 Å². The Morgan fingerprint density at radius 3 is 2.90 bits per heavy atom. The van der Waals surface area contributed by atoms with E-state index in [2.05, 4.69) is 28.1 Å². The van der Waals surface area contributed by atoms with Crippen molar-refractivity contribution in [1.82, 2.24) is 4.98 Å². The van der Waals surface area contributed by atoms with Gasteiger partial charge < -0.3 is 9.64 Å². The summed E-state index contributed by atoms with van der Waals surface area (Å²) in [5, 5.41) is 0. The molecule has 2 aromatic rings. The van der Waals surface area contributed by atoms with Crippen LogP contribution in [-0.4, -0.2) is 24.6 Å². The summed E-state index contributed by atoms with van der Waals surface area (Å²) in [5.41, 5.74) is 4.01. The number of carbonyl (C=O) groups excluding carboxylic acids is 1. The number of carbonyl (C=O) groups is 1. The molecule has 1 aromatic carbocycles. The van der Waals surface area contributed by atoms with Gasteiger partial charge in [0.25, 0.3) is 0 Å². The summed E-state index contributed by atoms with van der Waals surface area (Å²) in [4.78, 5) is 18.2. The molecule has 1 aliphatic rings. The fourth-order valence-electron chi connectivity index (χ4n) is 2.64. The molecule has 0 N–H and O–H groups in total. The van der Waals surface area contributed by atoms with Crippen molar-refractivity contribution in [2.75, 3.05) is 18.6 Å². The van der Waals surface area contributed by atoms with E-state index in [9.17, 15) is 4.79 Å². The highest BCUT2D eigenvalue weighted by Gasteiger charge is 2.22. The quantitative estimate of drug-likeness (QED) is 0.785. The Morgan fingerprint density at radius 2 is 2.15 bits per heavy atom. The van der Waals surface area contributed by atoms with E-state index in [1.807, 2.05) is 19.1 Å². The molecule has 1 aromatic heterocycles. The zero-order valence-electron chi connectivity index (χ0n) is 11.6. The zero-order chi connectivity index (χ0) is 14.1. The number of hydrogen-bond acceptors (Lipinski definition) is 4. The van der Waals surface area contributed by atoms with Gasteiger partial charge in [0.1, 0.15) is 5.82 Å². The highest BCUT2D eigenvalue weighted by atomic mass is 16.5. The second kappa shape index (κ2) is 4.96. The molecule has 4 nitrogen and oxygen atoms in total. The number of anilines is 2. The molecule has 0 spiro atoms. The molecular weight excluding hydrogens is 252 g/mol. The highest BCUT2D eigenvalue weighted by Crippen LogP contribution is 2.34. The standard InChI is InChI=1S/C16H16N2O2/c1-11-9-13(16(19)20-2)10-17-15(11)18-8-7-12-5-3-4-6-14(12)18/h3-6,9-10H,7-8H2,1-2H3. The van der Waals surface area contributed by atoms with Gasteiger partial charge in [0.2, 0.25) is 0 Å². The van der Waals surface area contributed by atoms with E-state index in [0.29, 0.717) is 5.56 Å². The Labute approximate surface area is 118 Å². The van der Waals surface area contributed by atoms with Crippen LogP contribution in [-0.2, 0) is 11.2 Å². The minimum Gasteiger partial charge on any atom is -0.465 e. The third-order valence-electron chi connectivity index (χ3n) is 3.61. The van der Waals surface area contributed by atoms with E-state index < -0.39 is 0 Å². The first-order valence-corrected chi connectivity index (χ1v) is 6.61. The Balaban J connectivity index is 1.98. The lowest BCUT2D eigenvalue weighted by atomic mass is 10.1. The molecule has 0 saturated heterocycles. The third kappa shape index (κ3) is 2.03. The maximum absolute atomic E-state index is 11.5. The zero-order valence-corrected chi connectivity index (χ0v) is 11.6. The van der Waals surface area contributed by atoms with Gasteiger partial charge in [-0.05, 0) is 36.6 Å². The highest BCUT2D eigenvalue weighted by molar-refractivity contribution is 5.89. The fourth-order valence-corrected chi connectivity index (χ4v) is 2.64. The molecule has 2 heterocycles. The summed E-state index contributed by atoms with van der Waals surface area (Å²) in [5.74, 6) is 0.552. The number of ether oxygens (including phenoxy) is 1. The summed E-state index contributed by atoms with van der Waals surface area (Å²) in [6, 6.07) is 10.2. The van der Waals surface area contributed by atoms with Gasteiger partial charge in [0.15, 0.2) is 0 Å². The van der Waals surface area contributed by atoms with Gasteiger partial charge in [0.05, 0.1) is 12.7 Å². The average Bonchev–Trinajstić information content (AvgIpc) is 2.90. The molecule has 0 bridgehead atoms. The van der Waals surface area contributed by atoms with Crippen molar-refractivity contribution in [3.05, 3.63) is 53.2 Å². The number of rotatable bonds is 2. The Morgan fingerprint density at radius 1 is 1.35 bits per heavy atom. The topological polar surface area (TPSA) is 42.4 Å². The fraction of sp³-hybridized carbons (Fsp3) is 0.250. The molecule has 20 heavy (non-hydrogen) atoms. The van der Waals surface area contributed by atoms with Crippen LogP contribution in [0.4, 0.5) is 11.5 Å². The van der Waals surface area contributed by atoms with Crippen molar-refractivity contribution in [1.29, 1.82) is 0 Å². The third-order valence-corrected chi connectivity index (χ3v) is 3.61. The van der Waals surface area contributed by atoms with Gasteiger partial charge in [0, 0.05) is 18.4 Å². The molecule has 3 rings (SSSR count). The van der Waals surface area contributed by atoms with Crippen molar-refractivity contribution < 1.29 is 9.53 Å². The number of fused-ring (bicyclic) bond motifs is 1. The maximum Gasteiger partial charge on any atom is 0.339 e. The number of esters is 1. The SMILES string of the molecule is COC(=O)c1cnc(N2CCc3ccccc32)c(C)c1. The number of pyridine rings is 1. The smallest absolute Gasteiger partial charge is 0.339 e. The number of benzene rings is 1. The lowest BCUT2D eigenvalue weighted by Crippen LogP contribution is -2.16. The lowest BCUT2D eigenvalue weighted by molar-refractivity contribution is 0.0600. The van der Waals surface area contributed by atoms with Gasteiger partial charge in [-0.3, -0.25) is 0 Å². The summed E-state index contributed by atoms with van der Waals surface area (Å²) in [6.07, 6.45) is 2.60. The molecule has 1 aliphatic heterocycles. The van der Waals surface area contributed by atoms with Crippen molar-refractivity contribution in [3.8, 4) is 0 Å². The number of hydrogen-bond donors (Lipinski definition) is 0. The number of aryl methyl sites for hydroxylation is 1. The van der Waals surface area contributed by atoms with Gasteiger partial charge in [-0.15, -0.1) is 0 Å². The van der Waals surface area contributed by atoms with Crippen LogP contribution < -0.4 is 4.90 Å². The van der Waals surface area contributed by atoms with E-state index in [1.165, 1.54) is 18.4 Å². The normalized spacial score (nSPS) is 13.2. The minimum absolute atomic E-state index is 0.353. The molecule has 0 saturated carbocycles. The molecule has 0 unspecified atom stereocenters. The van der Waals surface area contributed by atoms with E-state index in [-0.39, 0.29) is 5.97 Å². The number of nitrogens with zero attached hydrogens (tertiary/aromatic N) is 2. The molecule has 0 atom stereocenters. The maximum atomic E-state index is 11.5. The predicted octanol–water partition coefficient (Wildman–Crippen LogP) is 2.87. The van der Waals surface area contributed by atoms with Crippen LogP contribution in [0, 0.1) is 6.92 Å². The van der Waals surface area contributed by atoms with Gasteiger partial charge in [-0.1, -0.05) is 18.2 Å². The molecule has 0 aliphatic carbocycles. The number of methoxy groups -OCH3 is 1. The van der Waals surface area contributed by atoms with Gasteiger partial charge in [-0.25, -0.2) is 9.78 Å². The van der Waals surface area contributed by atoms with Crippen LogP contribution in [0.15, 0.2) is 36.5 Å². The molecule has 102 valence electrons.